The van der Waals surface area contributed by atoms with Gasteiger partial charge in [0.2, 0.25) is 0 Å². The topological polar surface area (TPSA) is 20.3 Å². The van der Waals surface area contributed by atoms with Gasteiger partial charge < -0.3 is 4.90 Å². The number of fused-ring (bicyclic) bond motifs is 1. The van der Waals surface area contributed by atoms with E-state index in [1.54, 1.807) is 0 Å². The highest BCUT2D eigenvalue weighted by molar-refractivity contribution is 9.10. The second-order valence-electron chi connectivity index (χ2n) is 6.01. The molecule has 0 heterocycles. The fourth-order valence-electron chi connectivity index (χ4n) is 3.13. The molecule has 24 heavy (non-hydrogen) atoms. The maximum absolute atomic E-state index is 13.0. The molecule has 1 atom stereocenters. The van der Waals surface area contributed by atoms with Gasteiger partial charge in [-0.25, -0.2) is 4.39 Å². The lowest BCUT2D eigenvalue weighted by atomic mass is 10.1. The molecule has 0 spiro atoms. The van der Waals surface area contributed by atoms with Crippen molar-refractivity contribution in [1.29, 1.82) is 0 Å². The van der Waals surface area contributed by atoms with Gasteiger partial charge in [-0.05, 0) is 60.4 Å². The number of aryl methyl sites for hydroxylation is 1. The summed E-state index contributed by atoms with van der Waals surface area (Å²) in [6.45, 7) is 0. The standard InChI is InChI=1S/C19H17BrFNOS/c1-22(17-9-5-12-2-6-14(20)10-16(12)17)19(24)11-18(23)13-3-7-15(21)8-4-13/h2-4,6-8,10,17H,5,9,11H2,1H3. The zero-order chi connectivity index (χ0) is 17.3. The predicted molar refractivity (Wildman–Crippen MR) is 101 cm³/mol. The zero-order valence-corrected chi connectivity index (χ0v) is 15.7. The van der Waals surface area contributed by atoms with Gasteiger partial charge in [0.15, 0.2) is 5.78 Å². The molecule has 0 radical (unpaired) electrons. The van der Waals surface area contributed by atoms with Gasteiger partial charge in [-0.15, -0.1) is 0 Å². The number of carbonyl (C=O) groups is 1. The van der Waals surface area contributed by atoms with Crippen molar-refractivity contribution in [3.05, 3.63) is 69.4 Å². The van der Waals surface area contributed by atoms with Crippen molar-refractivity contribution in [2.45, 2.75) is 25.3 Å². The van der Waals surface area contributed by atoms with E-state index in [0.29, 0.717) is 10.6 Å². The third-order valence-corrected chi connectivity index (χ3v) is 5.42. The number of nitrogens with zero attached hydrogens (tertiary/aromatic N) is 1. The first kappa shape index (κ1) is 17.2. The van der Waals surface area contributed by atoms with E-state index in [-0.39, 0.29) is 24.1 Å². The Labute approximate surface area is 154 Å². The summed E-state index contributed by atoms with van der Waals surface area (Å²) >= 11 is 9.02. The Kier molecular flexibility index (Phi) is 5.11. The molecular formula is C19H17BrFNOS. The molecule has 124 valence electrons. The van der Waals surface area contributed by atoms with Crippen LogP contribution in [0.5, 0.6) is 0 Å². The third-order valence-electron chi connectivity index (χ3n) is 4.49. The summed E-state index contributed by atoms with van der Waals surface area (Å²) in [6.07, 6.45) is 2.18. The van der Waals surface area contributed by atoms with Gasteiger partial charge in [-0.3, -0.25) is 4.79 Å². The van der Waals surface area contributed by atoms with E-state index in [2.05, 4.69) is 34.1 Å². The number of halogens is 2. The third kappa shape index (κ3) is 3.57. The molecule has 0 aliphatic heterocycles. The summed E-state index contributed by atoms with van der Waals surface area (Å²) in [7, 11) is 1.95. The highest BCUT2D eigenvalue weighted by atomic mass is 79.9. The van der Waals surface area contributed by atoms with Crippen LogP contribution >= 0.6 is 28.1 Å². The minimum absolute atomic E-state index is 0.0840. The van der Waals surface area contributed by atoms with Gasteiger partial charge in [-0.2, -0.15) is 0 Å². The second kappa shape index (κ2) is 7.11. The van der Waals surface area contributed by atoms with Crippen molar-refractivity contribution in [3.63, 3.8) is 0 Å². The van der Waals surface area contributed by atoms with Crippen LogP contribution in [0.1, 0.15) is 40.4 Å². The molecule has 0 N–H and O–H groups in total. The molecule has 0 saturated heterocycles. The number of thiocarbonyl (C=S) groups is 1. The van der Waals surface area contributed by atoms with Crippen molar-refractivity contribution < 1.29 is 9.18 Å². The number of benzene rings is 2. The van der Waals surface area contributed by atoms with Crippen LogP contribution in [0.25, 0.3) is 0 Å². The number of carbonyl (C=O) groups excluding carboxylic acids is 1. The Bertz CT molecular complexity index is 790. The van der Waals surface area contributed by atoms with E-state index in [1.807, 2.05) is 11.9 Å². The average Bonchev–Trinajstić information content (AvgIpc) is 2.97. The lowest BCUT2D eigenvalue weighted by Gasteiger charge is -2.28. The Morgan fingerprint density at radius 2 is 2.00 bits per heavy atom. The van der Waals surface area contributed by atoms with E-state index >= 15 is 0 Å². The van der Waals surface area contributed by atoms with Crippen molar-refractivity contribution in [2.75, 3.05) is 7.05 Å². The molecule has 0 fully saturated rings. The summed E-state index contributed by atoms with van der Waals surface area (Å²) in [5, 5.41) is 0. The van der Waals surface area contributed by atoms with Crippen molar-refractivity contribution in [1.82, 2.24) is 4.90 Å². The second-order valence-corrected chi connectivity index (χ2v) is 7.40. The van der Waals surface area contributed by atoms with Crippen LogP contribution in [0.4, 0.5) is 4.39 Å². The molecular weight excluding hydrogens is 389 g/mol. The summed E-state index contributed by atoms with van der Waals surface area (Å²) in [5.74, 6) is -0.432. The van der Waals surface area contributed by atoms with E-state index in [4.69, 9.17) is 12.2 Å². The van der Waals surface area contributed by atoms with Crippen LogP contribution in [-0.4, -0.2) is 22.7 Å². The first-order valence-corrected chi connectivity index (χ1v) is 8.98. The maximum Gasteiger partial charge on any atom is 0.169 e. The average molecular weight is 406 g/mol. The normalized spacial score (nSPS) is 15.9. The van der Waals surface area contributed by atoms with Gasteiger partial charge in [0.05, 0.1) is 17.5 Å². The molecule has 2 nitrogen and oxygen atoms in total. The molecule has 2 aromatic rings. The van der Waals surface area contributed by atoms with Crippen LogP contribution < -0.4 is 0 Å². The van der Waals surface area contributed by atoms with Crippen LogP contribution in [0.3, 0.4) is 0 Å². The lowest BCUT2D eigenvalue weighted by Crippen LogP contribution is -2.30. The Hall–Kier alpha value is -1.59. The van der Waals surface area contributed by atoms with Gasteiger partial charge in [-0.1, -0.05) is 34.2 Å². The number of ketones is 1. The Morgan fingerprint density at radius 3 is 2.71 bits per heavy atom. The molecule has 0 amide bonds. The predicted octanol–water partition coefficient (Wildman–Crippen LogP) is 5.11. The van der Waals surface area contributed by atoms with E-state index in [1.165, 1.54) is 35.4 Å². The Balaban J connectivity index is 1.71. The smallest absolute Gasteiger partial charge is 0.169 e. The summed E-state index contributed by atoms with van der Waals surface area (Å²) in [6, 6.07) is 12.1. The number of Topliss-reactive ketones (excluding diaryl/α,β-unsaturated/α-hetero) is 1. The van der Waals surface area contributed by atoms with Gasteiger partial charge in [0, 0.05) is 17.1 Å². The van der Waals surface area contributed by atoms with Crippen molar-refractivity contribution in [2.24, 2.45) is 0 Å². The maximum atomic E-state index is 13.0. The highest BCUT2D eigenvalue weighted by Gasteiger charge is 2.28. The zero-order valence-electron chi connectivity index (χ0n) is 13.3. The monoisotopic (exact) mass is 405 g/mol. The van der Waals surface area contributed by atoms with E-state index in [0.717, 1.165) is 17.3 Å². The molecule has 1 unspecified atom stereocenters. The highest BCUT2D eigenvalue weighted by Crippen LogP contribution is 2.37. The van der Waals surface area contributed by atoms with Gasteiger partial charge in [0.25, 0.3) is 0 Å². The first-order chi connectivity index (χ1) is 11.5. The fraction of sp³-hybridized carbons (Fsp3) is 0.263. The summed E-state index contributed by atoms with van der Waals surface area (Å²) < 4.78 is 14.0. The number of hydrogen-bond acceptors (Lipinski definition) is 2. The summed E-state index contributed by atoms with van der Waals surface area (Å²) in [4.78, 5) is 15.0. The molecule has 0 saturated carbocycles. The van der Waals surface area contributed by atoms with Crippen LogP contribution in [0.2, 0.25) is 0 Å². The van der Waals surface area contributed by atoms with Crippen molar-refractivity contribution in [3.8, 4) is 0 Å². The molecule has 0 bridgehead atoms. The van der Waals surface area contributed by atoms with E-state index in [9.17, 15) is 9.18 Å². The van der Waals surface area contributed by atoms with Gasteiger partial charge in [0.1, 0.15) is 5.82 Å². The molecule has 1 aliphatic rings. The quantitative estimate of drug-likeness (QED) is 0.520. The van der Waals surface area contributed by atoms with Crippen LogP contribution in [-0.2, 0) is 6.42 Å². The van der Waals surface area contributed by atoms with Crippen molar-refractivity contribution >= 4 is 38.9 Å². The molecule has 1 aliphatic carbocycles. The molecule has 2 aromatic carbocycles. The van der Waals surface area contributed by atoms with Crippen LogP contribution in [0, 0.1) is 5.82 Å². The largest absolute Gasteiger partial charge is 0.362 e. The summed E-state index contributed by atoms with van der Waals surface area (Å²) in [5.41, 5.74) is 3.09. The van der Waals surface area contributed by atoms with E-state index < -0.39 is 0 Å². The molecule has 3 rings (SSSR count). The molecule has 0 aromatic heterocycles. The van der Waals surface area contributed by atoms with Gasteiger partial charge >= 0.3 is 0 Å². The fourth-order valence-corrected chi connectivity index (χ4v) is 3.76. The SMILES string of the molecule is CN(C(=S)CC(=O)c1ccc(F)cc1)C1CCc2ccc(Br)cc21. The lowest BCUT2D eigenvalue weighted by molar-refractivity contribution is 0.0997. The molecule has 5 heteroatoms. The number of hydrogen-bond donors (Lipinski definition) is 0. The number of rotatable bonds is 4. The van der Waals surface area contributed by atoms with Crippen LogP contribution in [0.15, 0.2) is 46.9 Å². The minimum Gasteiger partial charge on any atom is -0.362 e. The Morgan fingerprint density at radius 1 is 1.29 bits per heavy atom. The minimum atomic E-state index is -0.348. The first-order valence-electron chi connectivity index (χ1n) is 7.78.